The molecule has 1 saturated heterocycles. The normalized spacial score (nSPS) is 29.4. The second-order valence-electron chi connectivity index (χ2n) is 5.65. The summed E-state index contributed by atoms with van der Waals surface area (Å²) in [5, 5.41) is 19.4. The number of nitrogens with zero attached hydrogens (tertiary/aromatic N) is 1. The lowest BCUT2D eigenvalue weighted by Crippen LogP contribution is -2.46. The van der Waals surface area contributed by atoms with Gasteiger partial charge in [-0.25, -0.2) is 0 Å². The van der Waals surface area contributed by atoms with Crippen molar-refractivity contribution >= 4 is 5.97 Å². The number of carboxylic acid groups (broad SMARTS) is 1. The van der Waals surface area contributed by atoms with E-state index in [1.54, 1.807) is 0 Å². The minimum absolute atomic E-state index is 0.137. The Balaban J connectivity index is 1.90. The monoisotopic (exact) mass is 241 g/mol. The second-order valence-corrected chi connectivity index (χ2v) is 5.65. The van der Waals surface area contributed by atoms with Gasteiger partial charge in [0.2, 0.25) is 0 Å². The molecule has 1 heterocycles. The first-order valence-electron chi connectivity index (χ1n) is 6.77. The summed E-state index contributed by atoms with van der Waals surface area (Å²) in [5.41, 5.74) is -0.556. The third-order valence-corrected chi connectivity index (χ3v) is 4.19. The number of carbonyl (C=O) groups is 1. The number of carboxylic acids is 1. The maximum Gasteiger partial charge on any atom is 0.304 e. The molecule has 4 heteroatoms. The summed E-state index contributed by atoms with van der Waals surface area (Å²) >= 11 is 0. The van der Waals surface area contributed by atoms with Crippen LogP contribution in [-0.4, -0.2) is 45.8 Å². The molecule has 4 nitrogen and oxygen atoms in total. The van der Waals surface area contributed by atoms with Crippen LogP contribution in [0.3, 0.4) is 0 Å². The van der Waals surface area contributed by atoms with E-state index in [1.165, 1.54) is 6.42 Å². The van der Waals surface area contributed by atoms with Crippen molar-refractivity contribution in [3.05, 3.63) is 0 Å². The zero-order valence-electron chi connectivity index (χ0n) is 10.4. The van der Waals surface area contributed by atoms with Crippen molar-refractivity contribution in [1.82, 2.24) is 4.90 Å². The molecule has 98 valence electrons. The maximum absolute atomic E-state index is 10.8. The number of rotatable bonds is 4. The molecule has 0 aromatic rings. The highest BCUT2D eigenvalue weighted by Crippen LogP contribution is 2.31. The SMILES string of the molecule is O=C(O)CC1CCCN1CC1(O)CCCCC1. The highest BCUT2D eigenvalue weighted by Gasteiger charge is 2.35. The largest absolute Gasteiger partial charge is 0.481 e. The van der Waals surface area contributed by atoms with Crippen LogP contribution in [0.4, 0.5) is 0 Å². The predicted octanol–water partition coefficient (Wildman–Crippen LogP) is 1.62. The van der Waals surface area contributed by atoms with Gasteiger partial charge in [-0.05, 0) is 32.2 Å². The van der Waals surface area contributed by atoms with E-state index in [0.29, 0.717) is 6.54 Å². The fourth-order valence-corrected chi connectivity index (χ4v) is 3.28. The summed E-state index contributed by atoms with van der Waals surface area (Å²) in [6.45, 7) is 1.62. The van der Waals surface area contributed by atoms with Crippen molar-refractivity contribution in [1.29, 1.82) is 0 Å². The van der Waals surface area contributed by atoms with Gasteiger partial charge in [-0.15, -0.1) is 0 Å². The van der Waals surface area contributed by atoms with Crippen molar-refractivity contribution in [2.45, 2.75) is 63.0 Å². The van der Waals surface area contributed by atoms with Gasteiger partial charge >= 0.3 is 5.97 Å². The average Bonchev–Trinajstić information content (AvgIpc) is 2.65. The number of likely N-dealkylation sites (tertiary alicyclic amines) is 1. The van der Waals surface area contributed by atoms with Crippen LogP contribution in [0.5, 0.6) is 0 Å². The molecule has 0 spiro atoms. The lowest BCUT2D eigenvalue weighted by atomic mass is 9.84. The molecule has 17 heavy (non-hydrogen) atoms. The summed E-state index contributed by atoms with van der Waals surface area (Å²) in [6, 6.07) is 0.137. The third-order valence-electron chi connectivity index (χ3n) is 4.19. The van der Waals surface area contributed by atoms with Crippen molar-refractivity contribution in [3.63, 3.8) is 0 Å². The number of β-amino-alcohol motifs (C(OH)–C–C–N with tert-alkyl or cyclic N) is 1. The van der Waals surface area contributed by atoms with Gasteiger partial charge in [0, 0.05) is 12.6 Å². The number of aliphatic hydroxyl groups is 1. The van der Waals surface area contributed by atoms with Gasteiger partial charge in [0.05, 0.1) is 12.0 Å². The number of hydrogen-bond donors (Lipinski definition) is 2. The van der Waals surface area contributed by atoms with Gasteiger partial charge in [-0.3, -0.25) is 9.69 Å². The van der Waals surface area contributed by atoms with Gasteiger partial charge < -0.3 is 10.2 Å². The molecule has 1 aliphatic carbocycles. The van der Waals surface area contributed by atoms with E-state index in [0.717, 1.165) is 45.1 Å². The fraction of sp³-hybridized carbons (Fsp3) is 0.923. The Kier molecular flexibility index (Phi) is 4.05. The number of aliphatic carboxylic acids is 1. The summed E-state index contributed by atoms with van der Waals surface area (Å²) in [6.07, 6.45) is 7.43. The highest BCUT2D eigenvalue weighted by atomic mass is 16.4. The van der Waals surface area contributed by atoms with E-state index < -0.39 is 11.6 Å². The first-order valence-corrected chi connectivity index (χ1v) is 6.77. The van der Waals surface area contributed by atoms with Gasteiger partial charge in [-0.2, -0.15) is 0 Å². The van der Waals surface area contributed by atoms with Crippen molar-refractivity contribution in [2.75, 3.05) is 13.1 Å². The standard InChI is InChI=1S/C13H23NO3/c15-12(16)9-11-5-4-8-14(11)10-13(17)6-2-1-3-7-13/h11,17H,1-10H2,(H,15,16). The fourth-order valence-electron chi connectivity index (χ4n) is 3.28. The topological polar surface area (TPSA) is 60.8 Å². The van der Waals surface area contributed by atoms with Crippen LogP contribution >= 0.6 is 0 Å². The molecule has 0 radical (unpaired) electrons. The molecule has 2 aliphatic rings. The molecular formula is C13H23NO3. The second kappa shape index (κ2) is 5.36. The molecule has 0 amide bonds. The highest BCUT2D eigenvalue weighted by molar-refractivity contribution is 5.67. The molecule has 0 bridgehead atoms. The van der Waals surface area contributed by atoms with E-state index in [9.17, 15) is 9.90 Å². The molecular weight excluding hydrogens is 218 g/mol. The molecule has 0 aromatic heterocycles. The Hall–Kier alpha value is -0.610. The molecule has 1 aliphatic heterocycles. The Morgan fingerprint density at radius 1 is 1.24 bits per heavy atom. The van der Waals surface area contributed by atoms with E-state index in [2.05, 4.69) is 4.90 Å². The molecule has 1 unspecified atom stereocenters. The van der Waals surface area contributed by atoms with Crippen LogP contribution in [0.25, 0.3) is 0 Å². The van der Waals surface area contributed by atoms with E-state index in [4.69, 9.17) is 5.11 Å². The minimum Gasteiger partial charge on any atom is -0.481 e. The molecule has 1 atom stereocenters. The maximum atomic E-state index is 10.8. The Morgan fingerprint density at radius 2 is 1.94 bits per heavy atom. The van der Waals surface area contributed by atoms with Gasteiger partial charge in [0.15, 0.2) is 0 Å². The average molecular weight is 241 g/mol. The first-order chi connectivity index (χ1) is 8.09. The lowest BCUT2D eigenvalue weighted by molar-refractivity contribution is -0.138. The Labute approximate surface area is 103 Å². The summed E-state index contributed by atoms with van der Waals surface area (Å²) < 4.78 is 0. The van der Waals surface area contributed by atoms with Gasteiger partial charge in [-0.1, -0.05) is 19.3 Å². The molecule has 0 aromatic carbocycles. The summed E-state index contributed by atoms with van der Waals surface area (Å²) in [7, 11) is 0. The smallest absolute Gasteiger partial charge is 0.304 e. The summed E-state index contributed by atoms with van der Waals surface area (Å²) in [5.74, 6) is -0.725. The Morgan fingerprint density at radius 3 is 2.59 bits per heavy atom. The van der Waals surface area contributed by atoms with Crippen molar-refractivity contribution < 1.29 is 15.0 Å². The van der Waals surface area contributed by atoms with E-state index >= 15 is 0 Å². The van der Waals surface area contributed by atoms with Crippen LogP contribution < -0.4 is 0 Å². The van der Waals surface area contributed by atoms with E-state index in [1.807, 2.05) is 0 Å². The quantitative estimate of drug-likeness (QED) is 0.785. The molecule has 1 saturated carbocycles. The van der Waals surface area contributed by atoms with Crippen LogP contribution in [0.1, 0.15) is 51.4 Å². The third kappa shape index (κ3) is 3.42. The lowest BCUT2D eigenvalue weighted by Gasteiger charge is -2.37. The van der Waals surface area contributed by atoms with Crippen molar-refractivity contribution in [3.8, 4) is 0 Å². The van der Waals surface area contributed by atoms with E-state index in [-0.39, 0.29) is 12.5 Å². The molecule has 2 N–H and O–H groups in total. The van der Waals surface area contributed by atoms with Crippen LogP contribution in [0.15, 0.2) is 0 Å². The first kappa shape index (κ1) is 12.8. The van der Waals surface area contributed by atoms with Gasteiger partial charge in [0.1, 0.15) is 0 Å². The Bertz CT molecular complexity index is 274. The van der Waals surface area contributed by atoms with Crippen LogP contribution in [0, 0.1) is 0 Å². The van der Waals surface area contributed by atoms with Crippen molar-refractivity contribution in [2.24, 2.45) is 0 Å². The van der Waals surface area contributed by atoms with Crippen LogP contribution in [-0.2, 0) is 4.79 Å². The zero-order chi connectivity index (χ0) is 12.3. The molecule has 2 rings (SSSR count). The number of hydrogen-bond acceptors (Lipinski definition) is 3. The summed E-state index contributed by atoms with van der Waals surface area (Å²) in [4.78, 5) is 13.0. The predicted molar refractivity (Wildman–Crippen MR) is 64.9 cm³/mol. The minimum atomic E-state index is -0.725. The van der Waals surface area contributed by atoms with Gasteiger partial charge in [0.25, 0.3) is 0 Å². The zero-order valence-corrected chi connectivity index (χ0v) is 10.4. The van der Waals surface area contributed by atoms with Crippen LogP contribution in [0.2, 0.25) is 0 Å². The molecule has 2 fully saturated rings.